The third-order valence-electron chi connectivity index (χ3n) is 5.62. The summed E-state index contributed by atoms with van der Waals surface area (Å²) in [4.78, 5) is 15.1. The number of hydrogen-bond donors (Lipinski definition) is 2. The van der Waals surface area contributed by atoms with E-state index >= 15 is 0 Å². The van der Waals surface area contributed by atoms with Crippen LogP contribution in [0, 0.1) is 3.57 Å². The van der Waals surface area contributed by atoms with Crippen molar-refractivity contribution in [3.05, 3.63) is 81.4 Å². The number of unbranched alkanes of at least 4 members (excludes halogenated alkanes) is 1. The summed E-state index contributed by atoms with van der Waals surface area (Å²) in [5, 5.41) is 13.7. The van der Waals surface area contributed by atoms with E-state index in [-0.39, 0.29) is 11.9 Å². The predicted octanol–water partition coefficient (Wildman–Crippen LogP) is 7.46. The standard InChI is InChI=1S/C28H33IN2O2/c1-4-5-9-22-18-21(19-26(29)28(22)33)12-17-27(32)31(20(2)3)25-15-13-24(14-16-25)30-23-10-7-6-8-11-23/h6-8,10-11,13-16,18-20,30,33H,4-5,9,12,17H2,1-3H3. The number of carbonyl (C=O) groups is 1. The van der Waals surface area contributed by atoms with Gasteiger partial charge in [-0.05, 0) is 109 Å². The smallest absolute Gasteiger partial charge is 0.227 e. The van der Waals surface area contributed by atoms with Gasteiger partial charge in [-0.15, -0.1) is 0 Å². The summed E-state index contributed by atoms with van der Waals surface area (Å²) in [6.45, 7) is 6.23. The zero-order valence-electron chi connectivity index (χ0n) is 19.6. The largest absolute Gasteiger partial charge is 0.507 e. The van der Waals surface area contributed by atoms with Gasteiger partial charge in [0.1, 0.15) is 5.75 Å². The summed E-state index contributed by atoms with van der Waals surface area (Å²) in [6, 6.07) is 22.1. The molecule has 3 rings (SSSR count). The quantitative estimate of drug-likeness (QED) is 0.255. The van der Waals surface area contributed by atoms with Gasteiger partial charge in [0, 0.05) is 29.5 Å². The number of phenolic OH excluding ortho intramolecular Hbond substituents is 1. The molecule has 33 heavy (non-hydrogen) atoms. The van der Waals surface area contributed by atoms with E-state index in [1.54, 1.807) is 0 Å². The summed E-state index contributed by atoms with van der Waals surface area (Å²) in [6.07, 6.45) is 4.08. The maximum atomic E-state index is 13.2. The van der Waals surface area contributed by atoms with E-state index in [1.165, 1.54) is 0 Å². The molecule has 0 bridgehead atoms. The Bertz CT molecular complexity index is 1050. The van der Waals surface area contributed by atoms with E-state index in [0.29, 0.717) is 18.6 Å². The molecule has 0 aliphatic heterocycles. The van der Waals surface area contributed by atoms with Crippen LogP contribution in [-0.4, -0.2) is 17.1 Å². The van der Waals surface area contributed by atoms with Gasteiger partial charge in [-0.3, -0.25) is 4.79 Å². The van der Waals surface area contributed by atoms with Gasteiger partial charge in [-0.25, -0.2) is 0 Å². The molecule has 0 unspecified atom stereocenters. The number of rotatable bonds is 10. The number of nitrogens with zero attached hydrogens (tertiary/aromatic N) is 1. The maximum absolute atomic E-state index is 13.2. The Hall–Kier alpha value is -2.54. The van der Waals surface area contributed by atoms with E-state index in [2.05, 4.69) is 40.9 Å². The summed E-state index contributed by atoms with van der Waals surface area (Å²) in [7, 11) is 0. The van der Waals surface area contributed by atoms with Gasteiger partial charge in [0.05, 0.1) is 3.57 Å². The minimum absolute atomic E-state index is 0.0606. The number of carbonyl (C=O) groups excluding carboxylic acids is 1. The Kier molecular flexibility index (Phi) is 9.18. The minimum Gasteiger partial charge on any atom is -0.507 e. The Morgan fingerprint density at radius 3 is 2.30 bits per heavy atom. The van der Waals surface area contributed by atoms with Gasteiger partial charge in [0.25, 0.3) is 0 Å². The Morgan fingerprint density at radius 1 is 1.00 bits per heavy atom. The molecule has 2 N–H and O–H groups in total. The highest BCUT2D eigenvalue weighted by atomic mass is 127. The molecule has 0 radical (unpaired) electrons. The number of aryl methyl sites for hydroxylation is 2. The van der Waals surface area contributed by atoms with Crippen molar-refractivity contribution in [1.29, 1.82) is 0 Å². The lowest BCUT2D eigenvalue weighted by Gasteiger charge is -2.27. The SMILES string of the molecule is CCCCc1cc(CCC(=O)N(c2ccc(Nc3ccccc3)cc2)C(C)C)cc(I)c1O. The number of halogens is 1. The third kappa shape index (κ3) is 6.97. The molecule has 1 amide bonds. The van der Waals surface area contributed by atoms with Crippen LogP contribution in [0.5, 0.6) is 5.75 Å². The molecule has 0 atom stereocenters. The third-order valence-corrected chi connectivity index (χ3v) is 6.44. The number of hydrogen-bond acceptors (Lipinski definition) is 3. The first-order chi connectivity index (χ1) is 15.9. The molecule has 0 aliphatic carbocycles. The number of phenols is 1. The van der Waals surface area contributed by atoms with Crippen LogP contribution in [-0.2, 0) is 17.6 Å². The Balaban J connectivity index is 1.69. The highest BCUT2D eigenvalue weighted by Gasteiger charge is 2.19. The number of nitrogens with one attached hydrogen (secondary N) is 1. The number of aromatic hydroxyl groups is 1. The highest BCUT2D eigenvalue weighted by molar-refractivity contribution is 14.1. The van der Waals surface area contributed by atoms with Gasteiger partial charge in [0.2, 0.25) is 5.91 Å². The van der Waals surface area contributed by atoms with Crippen LogP contribution in [0.3, 0.4) is 0 Å². The first-order valence-corrected chi connectivity index (χ1v) is 12.7. The zero-order valence-corrected chi connectivity index (χ0v) is 21.8. The topological polar surface area (TPSA) is 52.6 Å². The fourth-order valence-electron chi connectivity index (χ4n) is 3.92. The van der Waals surface area contributed by atoms with Crippen molar-refractivity contribution in [2.45, 2.75) is 58.9 Å². The lowest BCUT2D eigenvalue weighted by atomic mass is 10.0. The second-order valence-electron chi connectivity index (χ2n) is 8.58. The van der Waals surface area contributed by atoms with Crippen molar-refractivity contribution in [3.63, 3.8) is 0 Å². The monoisotopic (exact) mass is 556 g/mol. The first-order valence-electron chi connectivity index (χ1n) is 11.6. The van der Waals surface area contributed by atoms with Crippen LogP contribution in [0.1, 0.15) is 51.2 Å². The molecular weight excluding hydrogens is 523 g/mol. The summed E-state index contributed by atoms with van der Waals surface area (Å²) in [5.41, 5.74) is 5.00. The van der Waals surface area contributed by atoms with Crippen LogP contribution in [0.4, 0.5) is 17.1 Å². The summed E-state index contributed by atoms with van der Waals surface area (Å²) < 4.78 is 0.853. The molecular formula is C28H33IN2O2. The Morgan fingerprint density at radius 2 is 1.67 bits per heavy atom. The fourth-order valence-corrected chi connectivity index (χ4v) is 4.66. The zero-order chi connectivity index (χ0) is 23.8. The average Bonchev–Trinajstić information content (AvgIpc) is 2.80. The second-order valence-corrected chi connectivity index (χ2v) is 9.75. The molecule has 0 spiro atoms. The van der Waals surface area contributed by atoms with E-state index in [0.717, 1.165) is 51.0 Å². The normalized spacial score (nSPS) is 10.9. The van der Waals surface area contributed by atoms with Crippen molar-refractivity contribution in [1.82, 2.24) is 0 Å². The van der Waals surface area contributed by atoms with Gasteiger partial charge < -0.3 is 15.3 Å². The minimum atomic E-state index is 0.0606. The van der Waals surface area contributed by atoms with Gasteiger partial charge >= 0.3 is 0 Å². The molecule has 0 heterocycles. The average molecular weight is 556 g/mol. The van der Waals surface area contributed by atoms with Crippen LogP contribution < -0.4 is 10.2 Å². The number of amides is 1. The number of anilines is 3. The summed E-state index contributed by atoms with van der Waals surface area (Å²) in [5.74, 6) is 0.485. The molecule has 174 valence electrons. The van der Waals surface area contributed by atoms with Crippen molar-refractivity contribution in [2.24, 2.45) is 0 Å². The molecule has 3 aromatic rings. The van der Waals surface area contributed by atoms with Crippen LogP contribution in [0.25, 0.3) is 0 Å². The predicted molar refractivity (Wildman–Crippen MR) is 147 cm³/mol. The second kappa shape index (κ2) is 12.1. The first kappa shape index (κ1) is 25.1. The molecule has 0 saturated heterocycles. The van der Waals surface area contributed by atoms with Crippen molar-refractivity contribution < 1.29 is 9.90 Å². The fraction of sp³-hybridized carbons (Fsp3) is 0.321. The molecule has 0 aromatic heterocycles. The molecule has 4 nitrogen and oxygen atoms in total. The van der Waals surface area contributed by atoms with Crippen LogP contribution in [0.15, 0.2) is 66.7 Å². The molecule has 3 aromatic carbocycles. The molecule has 5 heteroatoms. The molecule has 0 saturated carbocycles. The summed E-state index contributed by atoms with van der Waals surface area (Å²) >= 11 is 2.18. The Labute approximate surface area is 211 Å². The van der Waals surface area contributed by atoms with E-state index < -0.39 is 0 Å². The van der Waals surface area contributed by atoms with Crippen molar-refractivity contribution in [2.75, 3.05) is 10.2 Å². The van der Waals surface area contributed by atoms with Gasteiger partial charge in [-0.1, -0.05) is 37.6 Å². The number of para-hydroxylation sites is 1. The lowest BCUT2D eigenvalue weighted by molar-refractivity contribution is -0.118. The molecule has 0 aliphatic rings. The van der Waals surface area contributed by atoms with E-state index in [1.807, 2.05) is 79.4 Å². The number of benzene rings is 3. The lowest BCUT2D eigenvalue weighted by Crippen LogP contribution is -2.37. The van der Waals surface area contributed by atoms with Crippen LogP contribution >= 0.6 is 22.6 Å². The van der Waals surface area contributed by atoms with Crippen molar-refractivity contribution >= 4 is 45.6 Å². The van der Waals surface area contributed by atoms with E-state index in [9.17, 15) is 9.90 Å². The maximum Gasteiger partial charge on any atom is 0.227 e. The molecule has 0 fully saturated rings. The van der Waals surface area contributed by atoms with Gasteiger partial charge in [-0.2, -0.15) is 0 Å². The highest BCUT2D eigenvalue weighted by Crippen LogP contribution is 2.29. The van der Waals surface area contributed by atoms with Crippen molar-refractivity contribution in [3.8, 4) is 5.75 Å². The van der Waals surface area contributed by atoms with E-state index in [4.69, 9.17) is 0 Å². The van der Waals surface area contributed by atoms with Crippen LogP contribution in [0.2, 0.25) is 0 Å². The van der Waals surface area contributed by atoms with Gasteiger partial charge in [0.15, 0.2) is 0 Å².